The Labute approximate surface area is 58.1 Å². The molecule has 52 valence electrons. The van der Waals surface area contributed by atoms with Gasteiger partial charge in [0.1, 0.15) is 0 Å². The van der Waals surface area contributed by atoms with Crippen LogP contribution in [0.15, 0.2) is 0 Å². The lowest BCUT2D eigenvalue weighted by atomic mass is 10.5. The minimum atomic E-state index is 0.819. The maximum atomic E-state index is 5.03. The molecule has 0 atom stereocenters. The maximum absolute atomic E-state index is 5.03. The summed E-state index contributed by atoms with van der Waals surface area (Å²) >= 11 is 3.92. The van der Waals surface area contributed by atoms with Crippen LogP contribution in [0.4, 0.5) is 0 Å². The van der Waals surface area contributed by atoms with Gasteiger partial charge in [0.2, 0.25) is 0 Å². The van der Waals surface area contributed by atoms with E-state index in [2.05, 4.69) is 26.5 Å². The van der Waals surface area contributed by atoms with Crippen molar-refractivity contribution >= 4 is 12.6 Å². The Bertz CT molecular complexity index is 16.5. The van der Waals surface area contributed by atoms with E-state index >= 15 is 0 Å². The second kappa shape index (κ2) is 15.7. The topological polar surface area (TPSA) is 26.0 Å². The highest BCUT2D eigenvalue weighted by atomic mass is 32.1. The zero-order valence-corrected chi connectivity index (χ0v) is 6.75. The summed E-state index contributed by atoms with van der Waals surface area (Å²) in [5.41, 5.74) is 5.03. The standard InChI is InChI=1S/C3H9N.C3H8S/c2*1-2-3-4/h2-4H2,1H3;4H,2-3H2,1H3. The highest BCUT2D eigenvalue weighted by Crippen LogP contribution is 1.74. The lowest BCUT2D eigenvalue weighted by Gasteiger charge is -1.70. The summed E-state index contributed by atoms with van der Waals surface area (Å²) in [6.45, 7) is 4.98. The van der Waals surface area contributed by atoms with Crippen molar-refractivity contribution in [2.45, 2.75) is 26.7 Å². The molecule has 0 amide bonds. The molecule has 0 aromatic carbocycles. The van der Waals surface area contributed by atoms with Gasteiger partial charge in [0.25, 0.3) is 0 Å². The Morgan fingerprint density at radius 3 is 1.50 bits per heavy atom. The number of rotatable bonds is 2. The van der Waals surface area contributed by atoms with Crippen LogP contribution in [0.1, 0.15) is 26.7 Å². The molecule has 0 aliphatic heterocycles. The number of hydrogen-bond acceptors (Lipinski definition) is 2. The minimum Gasteiger partial charge on any atom is -0.330 e. The van der Waals surface area contributed by atoms with E-state index in [0.717, 1.165) is 18.7 Å². The zero-order valence-electron chi connectivity index (χ0n) is 5.85. The van der Waals surface area contributed by atoms with Crippen LogP contribution in [0, 0.1) is 0 Å². The van der Waals surface area contributed by atoms with E-state index in [1.165, 1.54) is 6.42 Å². The summed E-state index contributed by atoms with van der Waals surface area (Å²) in [5.74, 6) is 1.01. The SMILES string of the molecule is CCCN.CCCS. The van der Waals surface area contributed by atoms with E-state index in [4.69, 9.17) is 5.73 Å². The first-order valence-electron chi connectivity index (χ1n) is 3.14. The van der Waals surface area contributed by atoms with Crippen LogP contribution < -0.4 is 5.73 Å². The van der Waals surface area contributed by atoms with Crippen molar-refractivity contribution < 1.29 is 0 Å². The molecular formula is C6H17NS. The van der Waals surface area contributed by atoms with Gasteiger partial charge < -0.3 is 5.73 Å². The van der Waals surface area contributed by atoms with E-state index in [1.54, 1.807) is 0 Å². The molecule has 0 saturated heterocycles. The van der Waals surface area contributed by atoms with Crippen LogP contribution in [0.25, 0.3) is 0 Å². The molecule has 0 aromatic heterocycles. The molecule has 0 radical (unpaired) electrons. The molecule has 1 nitrogen and oxygen atoms in total. The van der Waals surface area contributed by atoms with Crippen LogP contribution in [0.3, 0.4) is 0 Å². The van der Waals surface area contributed by atoms with E-state index in [0.29, 0.717) is 0 Å². The van der Waals surface area contributed by atoms with Crippen LogP contribution >= 0.6 is 12.6 Å². The lowest BCUT2D eigenvalue weighted by molar-refractivity contribution is 0.932. The van der Waals surface area contributed by atoms with Gasteiger partial charge in [-0.3, -0.25) is 0 Å². The third-order valence-electron chi connectivity index (χ3n) is 0.512. The second-order valence-corrected chi connectivity index (χ2v) is 1.96. The third kappa shape index (κ3) is 33.3. The van der Waals surface area contributed by atoms with Gasteiger partial charge in [-0.15, -0.1) is 0 Å². The summed E-state index contributed by atoms with van der Waals surface area (Å²) in [7, 11) is 0. The lowest BCUT2D eigenvalue weighted by Crippen LogP contribution is -1.93. The number of thiol groups is 1. The van der Waals surface area contributed by atoms with E-state index < -0.39 is 0 Å². The molecule has 0 spiro atoms. The summed E-state index contributed by atoms with van der Waals surface area (Å²) in [6, 6.07) is 0. The van der Waals surface area contributed by atoms with Gasteiger partial charge in [0, 0.05) is 0 Å². The molecule has 0 saturated carbocycles. The normalized spacial score (nSPS) is 7.50. The zero-order chi connectivity index (χ0) is 6.83. The van der Waals surface area contributed by atoms with Gasteiger partial charge in [-0.2, -0.15) is 12.6 Å². The largest absolute Gasteiger partial charge is 0.330 e. The second-order valence-electron chi connectivity index (χ2n) is 1.51. The van der Waals surface area contributed by atoms with Crippen LogP contribution in [0.5, 0.6) is 0 Å². The fraction of sp³-hybridized carbons (Fsp3) is 1.00. The first kappa shape index (κ1) is 11.2. The molecule has 0 aliphatic rings. The summed E-state index contributed by atoms with van der Waals surface area (Å²) in [6.07, 6.45) is 2.28. The Hall–Kier alpha value is 0.310. The van der Waals surface area contributed by atoms with Gasteiger partial charge in [-0.1, -0.05) is 13.8 Å². The molecule has 2 heteroatoms. The van der Waals surface area contributed by atoms with Crippen molar-refractivity contribution in [1.29, 1.82) is 0 Å². The van der Waals surface area contributed by atoms with Gasteiger partial charge in [0.15, 0.2) is 0 Å². The predicted molar refractivity (Wildman–Crippen MR) is 43.5 cm³/mol. The molecular weight excluding hydrogens is 118 g/mol. The molecule has 0 fully saturated rings. The van der Waals surface area contributed by atoms with E-state index in [-0.39, 0.29) is 0 Å². The van der Waals surface area contributed by atoms with Crippen molar-refractivity contribution in [2.24, 2.45) is 5.73 Å². The molecule has 8 heavy (non-hydrogen) atoms. The van der Waals surface area contributed by atoms with Crippen molar-refractivity contribution in [3.63, 3.8) is 0 Å². The number of hydrogen-bond donors (Lipinski definition) is 2. The average molecular weight is 135 g/mol. The third-order valence-corrected chi connectivity index (χ3v) is 0.959. The van der Waals surface area contributed by atoms with Crippen LogP contribution in [-0.2, 0) is 0 Å². The van der Waals surface area contributed by atoms with Crippen LogP contribution in [0.2, 0.25) is 0 Å². The van der Waals surface area contributed by atoms with Gasteiger partial charge in [-0.05, 0) is 25.1 Å². The van der Waals surface area contributed by atoms with Gasteiger partial charge in [0.05, 0.1) is 0 Å². The van der Waals surface area contributed by atoms with Crippen molar-refractivity contribution in [3.8, 4) is 0 Å². The highest BCUT2D eigenvalue weighted by Gasteiger charge is 1.57. The van der Waals surface area contributed by atoms with E-state index in [9.17, 15) is 0 Å². The Morgan fingerprint density at radius 1 is 1.25 bits per heavy atom. The first-order chi connectivity index (χ1) is 3.83. The maximum Gasteiger partial charge on any atom is -0.00799 e. The molecule has 0 rings (SSSR count). The number of nitrogens with two attached hydrogens (primary N) is 1. The molecule has 0 heterocycles. The Kier molecular flexibility index (Phi) is 21.8. The molecule has 0 unspecified atom stereocenters. The molecule has 0 aromatic rings. The van der Waals surface area contributed by atoms with E-state index in [1.807, 2.05) is 0 Å². The average Bonchev–Trinajstić information content (AvgIpc) is 1.88. The summed E-state index contributed by atoms with van der Waals surface area (Å²) in [4.78, 5) is 0. The van der Waals surface area contributed by atoms with Crippen molar-refractivity contribution in [3.05, 3.63) is 0 Å². The predicted octanol–water partition coefficient (Wildman–Crippen LogP) is 1.68. The first-order valence-corrected chi connectivity index (χ1v) is 3.77. The highest BCUT2D eigenvalue weighted by molar-refractivity contribution is 7.80. The van der Waals surface area contributed by atoms with Crippen molar-refractivity contribution in [1.82, 2.24) is 0 Å². The fourth-order valence-corrected chi connectivity index (χ4v) is 0. The van der Waals surface area contributed by atoms with Crippen LogP contribution in [-0.4, -0.2) is 12.3 Å². The molecule has 0 aliphatic carbocycles. The quantitative estimate of drug-likeness (QED) is 0.554. The smallest absolute Gasteiger partial charge is 0.00799 e. The molecule has 2 N–H and O–H groups in total. The Morgan fingerprint density at radius 2 is 1.50 bits per heavy atom. The summed E-state index contributed by atoms with van der Waals surface area (Å²) < 4.78 is 0. The monoisotopic (exact) mass is 135 g/mol. The van der Waals surface area contributed by atoms with Crippen molar-refractivity contribution in [2.75, 3.05) is 12.3 Å². The fourth-order valence-electron chi connectivity index (χ4n) is 0. The molecule has 0 bridgehead atoms. The van der Waals surface area contributed by atoms with Gasteiger partial charge >= 0.3 is 0 Å². The minimum absolute atomic E-state index is 0.819. The summed E-state index contributed by atoms with van der Waals surface area (Å²) in [5, 5.41) is 0. The van der Waals surface area contributed by atoms with Gasteiger partial charge in [-0.25, -0.2) is 0 Å². The Balaban J connectivity index is 0.